The van der Waals surface area contributed by atoms with Crippen LogP contribution < -0.4 is 5.32 Å². The Kier molecular flexibility index (Phi) is 5.25. The van der Waals surface area contributed by atoms with Crippen molar-refractivity contribution in [2.45, 2.75) is 25.9 Å². The second-order valence-corrected chi connectivity index (χ2v) is 8.28. The fourth-order valence-corrected chi connectivity index (χ4v) is 4.48. The van der Waals surface area contributed by atoms with Gasteiger partial charge in [-0.2, -0.15) is 0 Å². The standard InChI is InChI=1S/C22H22N6OS/c29-22(28-11-8-15-4-3-9-24-18(15)13-28)19-14-30-21(27-19)7-10-23-12-20-25-16-5-1-2-6-17(16)26-20/h1-6,9,14,23H,7-8,10-13H2,(H,25,26). The summed E-state index contributed by atoms with van der Waals surface area (Å²) in [6.07, 6.45) is 3.41. The normalized spacial score (nSPS) is 13.5. The molecule has 0 saturated carbocycles. The van der Waals surface area contributed by atoms with E-state index in [2.05, 4.69) is 31.3 Å². The van der Waals surface area contributed by atoms with Gasteiger partial charge in [0, 0.05) is 31.1 Å². The number of benzene rings is 1. The first-order valence-corrected chi connectivity index (χ1v) is 10.9. The quantitative estimate of drug-likeness (QED) is 0.470. The van der Waals surface area contributed by atoms with E-state index in [9.17, 15) is 4.79 Å². The molecule has 1 aliphatic rings. The molecule has 1 aliphatic heterocycles. The van der Waals surface area contributed by atoms with Gasteiger partial charge >= 0.3 is 0 Å². The summed E-state index contributed by atoms with van der Waals surface area (Å²) in [5, 5.41) is 6.22. The van der Waals surface area contributed by atoms with Gasteiger partial charge in [-0.05, 0) is 30.2 Å². The van der Waals surface area contributed by atoms with Crippen LogP contribution in [0.25, 0.3) is 11.0 Å². The number of carbonyl (C=O) groups excluding carboxylic acids is 1. The third-order valence-corrected chi connectivity index (χ3v) is 6.19. The van der Waals surface area contributed by atoms with Crippen LogP contribution in [-0.4, -0.2) is 43.8 Å². The van der Waals surface area contributed by atoms with E-state index in [1.807, 2.05) is 40.6 Å². The first-order valence-electron chi connectivity index (χ1n) is 10.1. The minimum absolute atomic E-state index is 0.0102. The summed E-state index contributed by atoms with van der Waals surface area (Å²) < 4.78 is 0. The van der Waals surface area contributed by atoms with E-state index in [0.29, 0.717) is 25.3 Å². The van der Waals surface area contributed by atoms with Gasteiger partial charge < -0.3 is 15.2 Å². The minimum atomic E-state index is -0.0102. The third-order valence-electron chi connectivity index (χ3n) is 5.28. The predicted molar refractivity (Wildman–Crippen MR) is 116 cm³/mol. The van der Waals surface area contributed by atoms with Crippen molar-refractivity contribution in [3.63, 3.8) is 0 Å². The Balaban J connectivity index is 1.13. The van der Waals surface area contributed by atoms with Crippen molar-refractivity contribution in [3.05, 3.63) is 75.8 Å². The highest BCUT2D eigenvalue weighted by Crippen LogP contribution is 2.19. The highest BCUT2D eigenvalue weighted by Gasteiger charge is 2.24. The van der Waals surface area contributed by atoms with Crippen molar-refractivity contribution in [1.29, 1.82) is 0 Å². The second kappa shape index (κ2) is 8.33. The number of aromatic amines is 1. The zero-order chi connectivity index (χ0) is 20.3. The lowest BCUT2D eigenvalue weighted by molar-refractivity contribution is 0.0726. The van der Waals surface area contributed by atoms with Gasteiger partial charge in [0.1, 0.15) is 11.5 Å². The Bertz CT molecular complexity index is 1150. The van der Waals surface area contributed by atoms with Crippen molar-refractivity contribution in [3.8, 4) is 0 Å². The lowest BCUT2D eigenvalue weighted by Crippen LogP contribution is -2.36. The molecule has 2 N–H and O–H groups in total. The average molecular weight is 419 g/mol. The summed E-state index contributed by atoms with van der Waals surface area (Å²) in [6.45, 7) is 2.72. The van der Waals surface area contributed by atoms with Gasteiger partial charge in [0.2, 0.25) is 0 Å². The van der Waals surface area contributed by atoms with Gasteiger partial charge in [0.25, 0.3) is 5.91 Å². The Morgan fingerprint density at radius 3 is 3.07 bits per heavy atom. The van der Waals surface area contributed by atoms with E-state index in [0.717, 1.165) is 46.9 Å². The van der Waals surface area contributed by atoms with Gasteiger partial charge in [-0.3, -0.25) is 9.78 Å². The van der Waals surface area contributed by atoms with E-state index in [1.54, 1.807) is 6.20 Å². The van der Waals surface area contributed by atoms with E-state index in [-0.39, 0.29) is 5.91 Å². The minimum Gasteiger partial charge on any atom is -0.341 e. The summed E-state index contributed by atoms with van der Waals surface area (Å²) >= 11 is 1.54. The van der Waals surface area contributed by atoms with Crippen LogP contribution in [0.4, 0.5) is 0 Å². The molecule has 4 heterocycles. The number of hydrogen-bond donors (Lipinski definition) is 2. The molecule has 3 aromatic heterocycles. The van der Waals surface area contributed by atoms with E-state index in [1.165, 1.54) is 16.9 Å². The number of imidazole rings is 1. The number of amides is 1. The van der Waals surface area contributed by atoms with E-state index < -0.39 is 0 Å². The molecular weight excluding hydrogens is 396 g/mol. The maximum absolute atomic E-state index is 12.8. The molecular formula is C22H22N6OS. The first kappa shape index (κ1) is 18.9. The molecule has 4 aromatic rings. The summed E-state index contributed by atoms with van der Waals surface area (Å²) in [7, 11) is 0. The van der Waals surface area contributed by atoms with Crippen LogP contribution >= 0.6 is 11.3 Å². The predicted octanol–water partition coefficient (Wildman–Crippen LogP) is 2.95. The molecule has 0 spiro atoms. The highest BCUT2D eigenvalue weighted by atomic mass is 32.1. The molecule has 0 atom stereocenters. The smallest absolute Gasteiger partial charge is 0.273 e. The molecule has 5 rings (SSSR count). The lowest BCUT2D eigenvalue weighted by atomic mass is 10.1. The first-order chi connectivity index (χ1) is 14.8. The number of nitrogens with one attached hydrogen (secondary N) is 2. The Morgan fingerprint density at radius 2 is 2.13 bits per heavy atom. The number of nitrogens with zero attached hydrogens (tertiary/aromatic N) is 4. The fraction of sp³-hybridized carbons (Fsp3) is 0.273. The van der Waals surface area contributed by atoms with Gasteiger partial charge in [-0.25, -0.2) is 9.97 Å². The monoisotopic (exact) mass is 418 g/mol. The zero-order valence-electron chi connectivity index (χ0n) is 16.5. The van der Waals surface area contributed by atoms with Gasteiger partial charge in [0.15, 0.2) is 0 Å². The van der Waals surface area contributed by atoms with Crippen LogP contribution in [0.15, 0.2) is 48.0 Å². The van der Waals surface area contributed by atoms with Gasteiger partial charge in [-0.1, -0.05) is 18.2 Å². The molecule has 0 bridgehead atoms. The van der Waals surface area contributed by atoms with Gasteiger partial charge in [0.05, 0.1) is 34.8 Å². The van der Waals surface area contributed by atoms with Crippen molar-refractivity contribution < 1.29 is 4.79 Å². The van der Waals surface area contributed by atoms with Crippen molar-refractivity contribution in [2.24, 2.45) is 0 Å². The SMILES string of the molecule is O=C(c1csc(CCNCc2nc3ccccc3[nH]2)n1)N1CCc2cccnc2C1. The number of thiazole rings is 1. The summed E-state index contributed by atoms with van der Waals surface area (Å²) in [6, 6.07) is 12.0. The van der Waals surface area contributed by atoms with Crippen LogP contribution in [0.2, 0.25) is 0 Å². The summed E-state index contributed by atoms with van der Waals surface area (Å²) in [5.41, 5.74) is 4.78. The molecule has 0 radical (unpaired) electrons. The van der Waals surface area contributed by atoms with Crippen molar-refractivity contribution in [2.75, 3.05) is 13.1 Å². The molecule has 0 aliphatic carbocycles. The molecule has 0 fully saturated rings. The van der Waals surface area contributed by atoms with Crippen LogP contribution in [0, 0.1) is 0 Å². The number of rotatable bonds is 6. The lowest BCUT2D eigenvalue weighted by Gasteiger charge is -2.27. The van der Waals surface area contributed by atoms with Crippen LogP contribution in [0.5, 0.6) is 0 Å². The number of fused-ring (bicyclic) bond motifs is 2. The maximum atomic E-state index is 12.8. The number of para-hydroxylation sites is 2. The van der Waals surface area contributed by atoms with E-state index in [4.69, 9.17) is 0 Å². The second-order valence-electron chi connectivity index (χ2n) is 7.34. The van der Waals surface area contributed by atoms with Crippen LogP contribution in [0.3, 0.4) is 0 Å². The third kappa shape index (κ3) is 3.96. The molecule has 0 unspecified atom stereocenters. The number of carbonyl (C=O) groups is 1. The molecule has 0 saturated heterocycles. The molecule has 30 heavy (non-hydrogen) atoms. The number of hydrogen-bond acceptors (Lipinski definition) is 6. The maximum Gasteiger partial charge on any atom is 0.273 e. The highest BCUT2D eigenvalue weighted by molar-refractivity contribution is 7.09. The Hall–Kier alpha value is -3.10. The van der Waals surface area contributed by atoms with E-state index >= 15 is 0 Å². The van der Waals surface area contributed by atoms with Gasteiger partial charge in [-0.15, -0.1) is 11.3 Å². The molecule has 152 valence electrons. The average Bonchev–Trinajstić information content (AvgIpc) is 3.42. The molecule has 1 aromatic carbocycles. The van der Waals surface area contributed by atoms with Crippen LogP contribution in [-0.2, 0) is 25.9 Å². The number of H-pyrrole nitrogens is 1. The largest absolute Gasteiger partial charge is 0.341 e. The topological polar surface area (TPSA) is 86.8 Å². The summed E-state index contributed by atoms with van der Waals surface area (Å²) in [5.74, 6) is 0.911. The molecule has 7 nitrogen and oxygen atoms in total. The summed E-state index contributed by atoms with van der Waals surface area (Å²) in [4.78, 5) is 31.5. The number of aromatic nitrogens is 4. The van der Waals surface area contributed by atoms with Crippen molar-refractivity contribution >= 4 is 28.3 Å². The molecule has 8 heteroatoms. The zero-order valence-corrected chi connectivity index (χ0v) is 17.3. The Labute approximate surface area is 178 Å². The van der Waals surface area contributed by atoms with Crippen LogP contribution in [0.1, 0.15) is 32.6 Å². The number of pyridine rings is 1. The fourth-order valence-electron chi connectivity index (χ4n) is 3.71. The Morgan fingerprint density at radius 1 is 1.20 bits per heavy atom. The molecule has 1 amide bonds. The van der Waals surface area contributed by atoms with Crippen molar-refractivity contribution in [1.82, 2.24) is 30.2 Å².